The number of halogens is 1. The van der Waals surface area contributed by atoms with Crippen LogP contribution in [0.2, 0.25) is 0 Å². The van der Waals surface area contributed by atoms with Crippen molar-refractivity contribution in [1.29, 1.82) is 0 Å². The molecule has 1 aromatic carbocycles. The highest BCUT2D eigenvalue weighted by Crippen LogP contribution is 2.45. The number of piperazine rings is 1. The second-order valence-corrected chi connectivity index (χ2v) is 7.40. The van der Waals surface area contributed by atoms with E-state index in [4.69, 9.17) is 4.74 Å². The summed E-state index contributed by atoms with van der Waals surface area (Å²) in [6.45, 7) is 3.48. The van der Waals surface area contributed by atoms with Gasteiger partial charge in [-0.25, -0.2) is 14.4 Å². The Morgan fingerprint density at radius 1 is 1.03 bits per heavy atom. The molecular weight excluding hydrogens is 369 g/mol. The number of nitrogens with one attached hydrogen (secondary N) is 1. The topological polar surface area (TPSA) is 63.2 Å². The van der Waals surface area contributed by atoms with Crippen molar-refractivity contribution in [3.05, 3.63) is 60.6 Å². The summed E-state index contributed by atoms with van der Waals surface area (Å²) in [6, 6.07) is 8.48. The molecular formula is C22H22FN5O. The van der Waals surface area contributed by atoms with Gasteiger partial charge in [-0.1, -0.05) is 6.07 Å². The first-order chi connectivity index (χ1) is 14.3. The van der Waals surface area contributed by atoms with Gasteiger partial charge in [0, 0.05) is 49.4 Å². The van der Waals surface area contributed by atoms with Gasteiger partial charge in [-0.15, -0.1) is 0 Å². The van der Waals surface area contributed by atoms with Gasteiger partial charge in [-0.3, -0.25) is 4.98 Å². The molecule has 0 atom stereocenters. The van der Waals surface area contributed by atoms with E-state index in [2.05, 4.69) is 25.2 Å². The normalized spacial score (nSPS) is 16.7. The monoisotopic (exact) mass is 391 g/mol. The molecule has 3 heterocycles. The fraction of sp³-hybridized carbons (Fsp3) is 0.318. The Balaban J connectivity index is 1.54. The molecule has 1 aliphatic heterocycles. The van der Waals surface area contributed by atoms with E-state index >= 15 is 0 Å². The molecule has 0 unspecified atom stereocenters. The van der Waals surface area contributed by atoms with Crippen molar-refractivity contribution in [2.75, 3.05) is 31.1 Å². The SMILES string of the molecule is Fc1ccc(Oc2cncnc2N2CCNCC2)c(-c2cccnc2C2CC2)c1. The lowest BCUT2D eigenvalue weighted by atomic mass is 10.0. The predicted octanol–water partition coefficient (Wildman–Crippen LogP) is 3.76. The molecule has 3 aromatic rings. The second-order valence-electron chi connectivity index (χ2n) is 7.40. The van der Waals surface area contributed by atoms with Crippen LogP contribution in [0.5, 0.6) is 11.5 Å². The van der Waals surface area contributed by atoms with E-state index in [0.717, 1.165) is 56.1 Å². The summed E-state index contributed by atoms with van der Waals surface area (Å²) < 4.78 is 20.5. The average molecular weight is 391 g/mol. The summed E-state index contributed by atoms with van der Waals surface area (Å²) in [4.78, 5) is 15.3. The van der Waals surface area contributed by atoms with Crippen molar-refractivity contribution in [2.45, 2.75) is 18.8 Å². The van der Waals surface area contributed by atoms with E-state index < -0.39 is 0 Å². The highest BCUT2D eigenvalue weighted by Gasteiger charge is 2.29. The molecule has 7 heteroatoms. The van der Waals surface area contributed by atoms with Crippen molar-refractivity contribution in [1.82, 2.24) is 20.3 Å². The van der Waals surface area contributed by atoms with Crippen LogP contribution in [0.15, 0.2) is 49.1 Å². The number of benzene rings is 1. The molecule has 1 N–H and O–H groups in total. The second kappa shape index (κ2) is 7.75. The molecule has 0 spiro atoms. The molecule has 2 aliphatic rings. The van der Waals surface area contributed by atoms with Crippen molar-refractivity contribution in [2.24, 2.45) is 0 Å². The third-order valence-electron chi connectivity index (χ3n) is 5.33. The third-order valence-corrected chi connectivity index (χ3v) is 5.33. The fourth-order valence-corrected chi connectivity index (χ4v) is 3.74. The maximum atomic E-state index is 14.2. The van der Waals surface area contributed by atoms with Crippen LogP contribution in [0.4, 0.5) is 10.2 Å². The number of rotatable bonds is 5. The summed E-state index contributed by atoms with van der Waals surface area (Å²) in [5.41, 5.74) is 2.63. The van der Waals surface area contributed by atoms with Crippen LogP contribution in [0.1, 0.15) is 24.5 Å². The highest BCUT2D eigenvalue weighted by molar-refractivity contribution is 5.74. The Morgan fingerprint density at radius 3 is 2.72 bits per heavy atom. The van der Waals surface area contributed by atoms with Crippen molar-refractivity contribution < 1.29 is 9.13 Å². The average Bonchev–Trinajstić information content (AvgIpc) is 3.61. The molecule has 1 aliphatic carbocycles. The molecule has 1 saturated heterocycles. The number of hydrogen-bond donors (Lipinski definition) is 1. The molecule has 6 nitrogen and oxygen atoms in total. The fourth-order valence-electron chi connectivity index (χ4n) is 3.74. The minimum atomic E-state index is -0.301. The van der Waals surface area contributed by atoms with Gasteiger partial charge >= 0.3 is 0 Å². The quantitative estimate of drug-likeness (QED) is 0.715. The Kier molecular flexibility index (Phi) is 4.81. The van der Waals surface area contributed by atoms with E-state index in [9.17, 15) is 4.39 Å². The van der Waals surface area contributed by atoms with E-state index in [1.54, 1.807) is 18.5 Å². The number of pyridine rings is 1. The van der Waals surface area contributed by atoms with Gasteiger partial charge in [0.2, 0.25) is 0 Å². The molecule has 148 valence electrons. The van der Waals surface area contributed by atoms with Crippen molar-refractivity contribution in [3.8, 4) is 22.6 Å². The number of hydrogen-bond acceptors (Lipinski definition) is 6. The lowest BCUT2D eigenvalue weighted by molar-refractivity contribution is 0.472. The predicted molar refractivity (Wildman–Crippen MR) is 109 cm³/mol. The minimum absolute atomic E-state index is 0.301. The zero-order chi connectivity index (χ0) is 19.6. The molecule has 29 heavy (non-hydrogen) atoms. The van der Waals surface area contributed by atoms with Crippen LogP contribution < -0.4 is 15.0 Å². The molecule has 2 fully saturated rings. The van der Waals surface area contributed by atoms with Crippen LogP contribution in [0.25, 0.3) is 11.1 Å². The first-order valence-electron chi connectivity index (χ1n) is 9.98. The van der Waals surface area contributed by atoms with Crippen LogP contribution in [-0.4, -0.2) is 41.1 Å². The number of aromatic nitrogens is 3. The maximum absolute atomic E-state index is 14.2. The van der Waals surface area contributed by atoms with Crippen LogP contribution in [0.3, 0.4) is 0 Å². The largest absolute Gasteiger partial charge is 0.451 e. The van der Waals surface area contributed by atoms with Crippen molar-refractivity contribution >= 4 is 5.82 Å². The highest BCUT2D eigenvalue weighted by atomic mass is 19.1. The van der Waals surface area contributed by atoms with E-state index in [1.165, 1.54) is 18.5 Å². The lowest BCUT2D eigenvalue weighted by Crippen LogP contribution is -2.44. The van der Waals surface area contributed by atoms with Gasteiger partial charge in [0.05, 0.1) is 11.9 Å². The van der Waals surface area contributed by atoms with Gasteiger partial charge in [-0.2, -0.15) is 0 Å². The Morgan fingerprint density at radius 2 is 1.90 bits per heavy atom. The third kappa shape index (κ3) is 3.78. The smallest absolute Gasteiger partial charge is 0.188 e. The number of anilines is 1. The number of ether oxygens (including phenoxy) is 1. The van der Waals surface area contributed by atoms with Gasteiger partial charge in [0.25, 0.3) is 0 Å². The van der Waals surface area contributed by atoms with Crippen molar-refractivity contribution in [3.63, 3.8) is 0 Å². The van der Waals surface area contributed by atoms with Gasteiger partial charge in [0.1, 0.15) is 17.9 Å². The Bertz CT molecular complexity index is 1020. The molecule has 0 amide bonds. The van der Waals surface area contributed by atoms with Gasteiger partial charge in [0.15, 0.2) is 11.6 Å². The maximum Gasteiger partial charge on any atom is 0.188 e. The summed E-state index contributed by atoms with van der Waals surface area (Å²) >= 11 is 0. The van der Waals surface area contributed by atoms with Gasteiger partial charge < -0.3 is 15.0 Å². The Labute approximate surface area is 168 Å². The Hall–Kier alpha value is -3.06. The number of nitrogens with zero attached hydrogens (tertiary/aromatic N) is 4. The van der Waals surface area contributed by atoms with Crippen LogP contribution in [0, 0.1) is 5.82 Å². The van der Waals surface area contributed by atoms with Crippen LogP contribution >= 0.6 is 0 Å². The van der Waals surface area contributed by atoms with E-state index in [-0.39, 0.29) is 5.82 Å². The molecule has 0 radical (unpaired) electrons. The molecule has 5 rings (SSSR count). The first-order valence-corrected chi connectivity index (χ1v) is 9.98. The summed E-state index contributed by atoms with van der Waals surface area (Å²) in [5.74, 6) is 2.04. The zero-order valence-corrected chi connectivity index (χ0v) is 16.0. The van der Waals surface area contributed by atoms with E-state index in [1.807, 2.05) is 12.1 Å². The first kappa shape index (κ1) is 18.0. The zero-order valence-electron chi connectivity index (χ0n) is 16.0. The summed E-state index contributed by atoms with van der Waals surface area (Å²) in [7, 11) is 0. The molecule has 1 saturated carbocycles. The summed E-state index contributed by atoms with van der Waals surface area (Å²) in [6.07, 6.45) is 7.24. The molecule has 0 bridgehead atoms. The molecule has 2 aromatic heterocycles. The van der Waals surface area contributed by atoms with Crippen LogP contribution in [-0.2, 0) is 0 Å². The van der Waals surface area contributed by atoms with E-state index in [0.29, 0.717) is 23.0 Å². The van der Waals surface area contributed by atoms with Gasteiger partial charge in [-0.05, 0) is 37.1 Å². The lowest BCUT2D eigenvalue weighted by Gasteiger charge is -2.29. The standard InChI is InChI=1S/C22H22FN5O/c23-16-5-6-19(18(12-16)17-2-1-7-26-21(17)15-3-4-15)29-20-13-25-14-27-22(20)28-10-8-24-9-11-28/h1-2,5-7,12-15,24H,3-4,8-11H2. The summed E-state index contributed by atoms with van der Waals surface area (Å²) in [5, 5.41) is 3.34. The minimum Gasteiger partial charge on any atom is -0.451 e.